The Hall–Kier alpha value is -0.570. The van der Waals surface area contributed by atoms with E-state index < -0.39 is 0 Å². The molecule has 0 saturated carbocycles. The van der Waals surface area contributed by atoms with Crippen LogP contribution in [0.3, 0.4) is 0 Å². The van der Waals surface area contributed by atoms with Crippen LogP contribution in [0.1, 0.15) is 33.6 Å². The Balaban J connectivity index is 2.50. The first-order valence-electron chi connectivity index (χ1n) is 4.55. The molecule has 0 spiro atoms. The highest BCUT2D eigenvalue weighted by Crippen LogP contribution is 2.37. The largest absolute Gasteiger partial charge is 0.446 e. The summed E-state index contributed by atoms with van der Waals surface area (Å²) >= 11 is 0. The summed E-state index contributed by atoms with van der Waals surface area (Å²) in [5.74, 6) is -0.196. The molecule has 0 aromatic rings. The minimum atomic E-state index is -0.196. The highest BCUT2D eigenvalue weighted by Gasteiger charge is 2.45. The molecule has 1 heterocycles. The molecular formula is C9H17NO2. The summed E-state index contributed by atoms with van der Waals surface area (Å²) in [5.41, 5.74) is 0.200. The van der Waals surface area contributed by atoms with E-state index in [1.54, 1.807) is 0 Å². The second-order valence-corrected chi connectivity index (χ2v) is 3.44. The van der Waals surface area contributed by atoms with Gasteiger partial charge in [0.15, 0.2) is 6.23 Å². The average Bonchev–Trinajstić information content (AvgIpc) is 2.01. The van der Waals surface area contributed by atoms with Crippen LogP contribution in [0, 0.1) is 5.41 Å². The molecule has 3 nitrogen and oxygen atoms in total. The minimum Gasteiger partial charge on any atom is -0.446 e. The zero-order valence-corrected chi connectivity index (χ0v) is 8.02. The fourth-order valence-electron chi connectivity index (χ4n) is 1.68. The van der Waals surface area contributed by atoms with Gasteiger partial charge in [-0.25, -0.2) is 0 Å². The molecule has 0 aliphatic carbocycles. The molecule has 1 unspecified atom stereocenters. The van der Waals surface area contributed by atoms with Crippen molar-refractivity contribution in [1.82, 2.24) is 5.32 Å². The quantitative estimate of drug-likeness (QED) is 0.650. The molecule has 0 radical (unpaired) electrons. The number of hydrogen-bond donors (Lipinski definition) is 1. The van der Waals surface area contributed by atoms with Crippen molar-refractivity contribution in [3.05, 3.63) is 0 Å². The average molecular weight is 171 g/mol. The molecule has 0 bridgehead atoms. The predicted octanol–water partition coefficient (Wildman–Crippen LogP) is 1.29. The Kier molecular flexibility index (Phi) is 2.73. The van der Waals surface area contributed by atoms with Gasteiger partial charge in [0.25, 0.3) is 0 Å². The van der Waals surface area contributed by atoms with Crippen molar-refractivity contribution < 1.29 is 9.53 Å². The molecule has 0 amide bonds. The van der Waals surface area contributed by atoms with E-state index in [1.165, 1.54) is 6.92 Å². The SMILES string of the molecule is CCC1(CC)CNC1OC(C)=O. The normalized spacial score (nSPS) is 26.1. The molecule has 3 heteroatoms. The third kappa shape index (κ3) is 1.46. The van der Waals surface area contributed by atoms with Gasteiger partial charge in [-0.3, -0.25) is 10.1 Å². The van der Waals surface area contributed by atoms with Crippen LogP contribution in [0.15, 0.2) is 0 Å². The van der Waals surface area contributed by atoms with Crippen molar-refractivity contribution in [2.75, 3.05) is 6.54 Å². The van der Waals surface area contributed by atoms with Crippen molar-refractivity contribution in [3.8, 4) is 0 Å². The van der Waals surface area contributed by atoms with Crippen LogP contribution in [0.4, 0.5) is 0 Å². The van der Waals surface area contributed by atoms with Crippen LogP contribution in [0.5, 0.6) is 0 Å². The van der Waals surface area contributed by atoms with Gasteiger partial charge < -0.3 is 4.74 Å². The van der Waals surface area contributed by atoms with E-state index in [-0.39, 0.29) is 17.6 Å². The summed E-state index contributed by atoms with van der Waals surface area (Å²) in [5, 5.41) is 3.13. The van der Waals surface area contributed by atoms with E-state index in [2.05, 4.69) is 19.2 Å². The number of esters is 1. The molecule has 1 rings (SSSR count). The molecule has 70 valence electrons. The highest BCUT2D eigenvalue weighted by atomic mass is 16.6. The Bertz CT molecular complexity index is 170. The van der Waals surface area contributed by atoms with Gasteiger partial charge in [0, 0.05) is 18.9 Å². The number of carbonyl (C=O) groups is 1. The van der Waals surface area contributed by atoms with Crippen LogP contribution < -0.4 is 5.32 Å². The fraction of sp³-hybridized carbons (Fsp3) is 0.889. The minimum absolute atomic E-state index is 0.0509. The lowest BCUT2D eigenvalue weighted by Crippen LogP contribution is -2.63. The molecule has 12 heavy (non-hydrogen) atoms. The monoisotopic (exact) mass is 171 g/mol. The van der Waals surface area contributed by atoms with E-state index in [9.17, 15) is 4.79 Å². The van der Waals surface area contributed by atoms with Crippen molar-refractivity contribution >= 4 is 5.97 Å². The lowest BCUT2D eigenvalue weighted by Gasteiger charge is -2.48. The summed E-state index contributed by atoms with van der Waals surface area (Å²) < 4.78 is 5.13. The lowest BCUT2D eigenvalue weighted by molar-refractivity contribution is -0.170. The first-order valence-corrected chi connectivity index (χ1v) is 4.55. The number of nitrogens with one attached hydrogen (secondary N) is 1. The smallest absolute Gasteiger partial charge is 0.304 e. The zero-order chi connectivity index (χ0) is 9.19. The van der Waals surface area contributed by atoms with E-state index >= 15 is 0 Å². The summed E-state index contributed by atoms with van der Waals surface area (Å²) in [6.07, 6.45) is 2.08. The van der Waals surface area contributed by atoms with Crippen LogP contribution in [-0.4, -0.2) is 18.7 Å². The van der Waals surface area contributed by atoms with Gasteiger partial charge >= 0.3 is 5.97 Å². The summed E-state index contributed by atoms with van der Waals surface area (Å²) in [7, 11) is 0. The Morgan fingerprint density at radius 3 is 2.42 bits per heavy atom. The number of rotatable bonds is 3. The second kappa shape index (κ2) is 3.44. The maximum Gasteiger partial charge on any atom is 0.304 e. The van der Waals surface area contributed by atoms with Crippen molar-refractivity contribution in [3.63, 3.8) is 0 Å². The molecule has 0 aromatic carbocycles. The topological polar surface area (TPSA) is 38.3 Å². The van der Waals surface area contributed by atoms with E-state index in [1.807, 2.05) is 0 Å². The van der Waals surface area contributed by atoms with Gasteiger partial charge in [-0.15, -0.1) is 0 Å². The molecule has 0 aromatic heterocycles. The summed E-state index contributed by atoms with van der Waals surface area (Å²) in [4.78, 5) is 10.7. The molecule has 1 atom stereocenters. The molecule has 1 N–H and O–H groups in total. The van der Waals surface area contributed by atoms with Gasteiger partial charge in [-0.1, -0.05) is 13.8 Å². The van der Waals surface area contributed by atoms with E-state index in [0.717, 1.165) is 19.4 Å². The van der Waals surface area contributed by atoms with Gasteiger partial charge in [-0.05, 0) is 12.8 Å². The van der Waals surface area contributed by atoms with Gasteiger partial charge in [0.1, 0.15) is 0 Å². The molecule has 1 aliphatic rings. The summed E-state index contributed by atoms with van der Waals surface area (Å²) in [6.45, 7) is 6.70. The number of hydrogen-bond acceptors (Lipinski definition) is 3. The van der Waals surface area contributed by atoms with Crippen molar-refractivity contribution in [2.24, 2.45) is 5.41 Å². The van der Waals surface area contributed by atoms with Crippen LogP contribution in [0.2, 0.25) is 0 Å². The molecule has 1 fully saturated rings. The van der Waals surface area contributed by atoms with Crippen LogP contribution in [-0.2, 0) is 9.53 Å². The van der Waals surface area contributed by atoms with Gasteiger partial charge in [0.05, 0.1) is 0 Å². The molecule has 1 aliphatic heterocycles. The molecule has 1 saturated heterocycles. The summed E-state index contributed by atoms with van der Waals surface area (Å²) in [6, 6.07) is 0. The Morgan fingerprint density at radius 1 is 1.58 bits per heavy atom. The lowest BCUT2D eigenvalue weighted by atomic mass is 9.75. The van der Waals surface area contributed by atoms with E-state index in [0.29, 0.717) is 0 Å². The highest BCUT2D eigenvalue weighted by molar-refractivity contribution is 5.66. The second-order valence-electron chi connectivity index (χ2n) is 3.44. The number of carbonyl (C=O) groups excluding carboxylic acids is 1. The first kappa shape index (κ1) is 9.52. The van der Waals surface area contributed by atoms with Crippen molar-refractivity contribution in [1.29, 1.82) is 0 Å². The fourth-order valence-corrected chi connectivity index (χ4v) is 1.68. The zero-order valence-electron chi connectivity index (χ0n) is 8.02. The van der Waals surface area contributed by atoms with Gasteiger partial charge in [-0.2, -0.15) is 0 Å². The first-order chi connectivity index (χ1) is 5.64. The standard InChI is InChI=1S/C9H17NO2/c1-4-9(5-2)6-10-8(9)12-7(3)11/h8,10H,4-6H2,1-3H3. The predicted molar refractivity (Wildman–Crippen MR) is 46.6 cm³/mol. The van der Waals surface area contributed by atoms with Crippen molar-refractivity contribution in [2.45, 2.75) is 39.8 Å². The third-order valence-corrected chi connectivity index (χ3v) is 2.89. The Labute approximate surface area is 73.5 Å². The maximum atomic E-state index is 10.7. The third-order valence-electron chi connectivity index (χ3n) is 2.89. The number of ether oxygens (including phenoxy) is 1. The Morgan fingerprint density at radius 2 is 2.17 bits per heavy atom. The van der Waals surface area contributed by atoms with Crippen LogP contribution in [0.25, 0.3) is 0 Å². The molecular weight excluding hydrogens is 154 g/mol. The van der Waals surface area contributed by atoms with Gasteiger partial charge in [0.2, 0.25) is 0 Å². The maximum absolute atomic E-state index is 10.7. The van der Waals surface area contributed by atoms with Crippen LogP contribution >= 0.6 is 0 Å². The van der Waals surface area contributed by atoms with E-state index in [4.69, 9.17) is 4.74 Å².